The minimum Gasteiger partial charge on any atom is -0.389 e. The molecule has 1 N–H and O–H groups in total. The molecule has 1 aromatic carbocycles. The van der Waals surface area contributed by atoms with Crippen LogP contribution < -0.4 is 0 Å². The van der Waals surface area contributed by atoms with Crippen LogP contribution in [0.25, 0.3) is 0 Å². The Kier molecular flexibility index (Phi) is 2.75. The van der Waals surface area contributed by atoms with Crippen LogP contribution in [0.4, 0.5) is 0 Å². The Morgan fingerprint density at radius 1 is 1.11 bits per heavy atom. The number of aliphatic hydroxyl groups is 1. The van der Waals surface area contributed by atoms with Crippen LogP contribution in [0.5, 0.6) is 0 Å². The van der Waals surface area contributed by atoms with Crippen molar-refractivity contribution in [2.75, 3.05) is 0 Å². The molecule has 0 saturated heterocycles. The normalized spacial score (nSPS) is 28.8. The Morgan fingerprint density at radius 2 is 1.78 bits per heavy atom. The molecular weight excluding hydrogens is 248 g/mol. The van der Waals surface area contributed by atoms with Gasteiger partial charge in [-0.2, -0.15) is 0 Å². The average molecular weight is 266 g/mol. The van der Waals surface area contributed by atoms with Crippen molar-refractivity contribution in [2.24, 2.45) is 0 Å². The summed E-state index contributed by atoms with van der Waals surface area (Å²) in [5.41, 5.74) is -0.155. The second-order valence-electron chi connectivity index (χ2n) is 5.51. The van der Waals surface area contributed by atoms with Crippen LogP contribution in [-0.4, -0.2) is 24.4 Å². The Bertz CT molecular complexity index is 556. The first kappa shape index (κ1) is 12.2. The molecule has 0 spiro atoms. The summed E-state index contributed by atoms with van der Waals surface area (Å²) in [5.74, 6) is 0. The molecule has 1 heterocycles. The van der Waals surface area contributed by atoms with Gasteiger partial charge in [0.2, 0.25) is 0 Å². The van der Waals surface area contributed by atoms with Crippen molar-refractivity contribution in [1.82, 2.24) is 0 Å². The van der Waals surface area contributed by atoms with E-state index in [1.54, 1.807) is 12.1 Å². The summed E-state index contributed by atoms with van der Waals surface area (Å²) >= 11 is 0. The van der Waals surface area contributed by atoms with E-state index in [0.29, 0.717) is 24.2 Å². The topological polar surface area (TPSA) is 54.4 Å². The molecule has 0 amide bonds. The van der Waals surface area contributed by atoms with Gasteiger partial charge in [0.1, 0.15) is 0 Å². The molecule has 1 aliphatic heterocycles. The second kappa shape index (κ2) is 4.07. The number of fused-ring (bicyclic) bond motifs is 1. The molecule has 18 heavy (non-hydrogen) atoms. The van der Waals surface area contributed by atoms with Gasteiger partial charge in [0.05, 0.1) is 15.7 Å². The van der Waals surface area contributed by atoms with Crippen molar-refractivity contribution in [1.29, 1.82) is 0 Å². The fourth-order valence-electron chi connectivity index (χ4n) is 3.38. The van der Waals surface area contributed by atoms with E-state index >= 15 is 0 Å². The summed E-state index contributed by atoms with van der Waals surface area (Å²) in [6, 6.07) is 7.14. The number of hydrogen-bond donors (Lipinski definition) is 1. The number of benzene rings is 1. The van der Waals surface area contributed by atoms with Crippen molar-refractivity contribution in [3.05, 3.63) is 29.8 Å². The predicted molar refractivity (Wildman–Crippen MR) is 69.2 cm³/mol. The van der Waals surface area contributed by atoms with Crippen molar-refractivity contribution in [2.45, 2.75) is 54.3 Å². The third kappa shape index (κ3) is 1.70. The van der Waals surface area contributed by atoms with E-state index in [9.17, 15) is 13.5 Å². The first-order valence-electron chi connectivity index (χ1n) is 6.58. The van der Waals surface area contributed by atoms with E-state index in [1.807, 2.05) is 12.1 Å². The van der Waals surface area contributed by atoms with Gasteiger partial charge in [-0.15, -0.1) is 0 Å². The quantitative estimate of drug-likeness (QED) is 0.846. The van der Waals surface area contributed by atoms with Gasteiger partial charge in [-0.25, -0.2) is 8.42 Å². The monoisotopic (exact) mass is 266 g/mol. The van der Waals surface area contributed by atoms with E-state index in [-0.39, 0.29) is 0 Å². The first-order valence-corrected chi connectivity index (χ1v) is 8.13. The molecule has 1 unspecified atom stereocenters. The van der Waals surface area contributed by atoms with Crippen LogP contribution in [0.3, 0.4) is 0 Å². The highest BCUT2D eigenvalue weighted by atomic mass is 32.2. The van der Waals surface area contributed by atoms with E-state index in [1.165, 1.54) is 0 Å². The summed E-state index contributed by atoms with van der Waals surface area (Å²) in [7, 11) is -3.35. The summed E-state index contributed by atoms with van der Waals surface area (Å²) < 4.78 is 25.1. The lowest BCUT2D eigenvalue weighted by Gasteiger charge is -2.36. The van der Waals surface area contributed by atoms with Crippen molar-refractivity contribution >= 4 is 9.84 Å². The lowest BCUT2D eigenvalue weighted by Crippen LogP contribution is -2.47. The van der Waals surface area contributed by atoms with Crippen LogP contribution in [0, 0.1) is 0 Å². The predicted octanol–water partition coefficient (Wildman–Crippen LogP) is 2.08. The molecule has 0 bridgehead atoms. The summed E-state index contributed by atoms with van der Waals surface area (Å²) in [6.07, 6.45) is 4.66. The molecule has 0 radical (unpaired) electrons. The molecule has 1 fully saturated rings. The molecule has 1 saturated carbocycles. The fraction of sp³-hybridized carbons (Fsp3) is 0.571. The highest BCUT2D eigenvalue weighted by molar-refractivity contribution is 7.92. The van der Waals surface area contributed by atoms with Gasteiger partial charge in [0.15, 0.2) is 9.84 Å². The lowest BCUT2D eigenvalue weighted by atomic mass is 9.80. The van der Waals surface area contributed by atoms with E-state index in [2.05, 4.69) is 0 Å². The first-order chi connectivity index (χ1) is 8.54. The Balaban J connectivity index is 2.02. The molecule has 3 nitrogen and oxygen atoms in total. The maximum Gasteiger partial charge on any atom is 0.184 e. The molecule has 1 atom stereocenters. The highest BCUT2D eigenvalue weighted by Crippen LogP contribution is 2.42. The second-order valence-corrected chi connectivity index (χ2v) is 7.61. The van der Waals surface area contributed by atoms with Crippen LogP contribution in [0.2, 0.25) is 0 Å². The van der Waals surface area contributed by atoms with Crippen LogP contribution in [-0.2, 0) is 16.3 Å². The molecule has 2 aliphatic rings. The molecule has 1 aromatic rings. The molecule has 3 rings (SSSR count). The molecule has 4 heteroatoms. The van der Waals surface area contributed by atoms with Gasteiger partial charge >= 0.3 is 0 Å². The van der Waals surface area contributed by atoms with E-state index in [0.717, 1.165) is 24.8 Å². The Labute approximate surface area is 108 Å². The lowest BCUT2D eigenvalue weighted by molar-refractivity contribution is 0.00102. The van der Waals surface area contributed by atoms with Crippen LogP contribution in [0.15, 0.2) is 29.2 Å². The van der Waals surface area contributed by atoms with Crippen molar-refractivity contribution < 1.29 is 13.5 Å². The largest absolute Gasteiger partial charge is 0.389 e. The average Bonchev–Trinajstić information content (AvgIpc) is 2.64. The van der Waals surface area contributed by atoms with Gasteiger partial charge in [0, 0.05) is 0 Å². The third-order valence-corrected chi connectivity index (χ3v) is 6.74. The minimum atomic E-state index is -3.35. The zero-order valence-electron chi connectivity index (χ0n) is 10.3. The SMILES string of the molecule is O=S1(=O)c2ccccc2CC1C1(O)CCCCC1. The van der Waals surface area contributed by atoms with Gasteiger partial charge in [-0.1, -0.05) is 37.5 Å². The summed E-state index contributed by atoms with van der Waals surface area (Å²) in [4.78, 5) is 0.425. The molecule has 98 valence electrons. The maximum absolute atomic E-state index is 12.5. The zero-order valence-corrected chi connectivity index (χ0v) is 11.1. The van der Waals surface area contributed by atoms with Crippen molar-refractivity contribution in [3.63, 3.8) is 0 Å². The smallest absolute Gasteiger partial charge is 0.184 e. The maximum atomic E-state index is 12.5. The van der Waals surface area contributed by atoms with Gasteiger partial charge in [0.25, 0.3) is 0 Å². The van der Waals surface area contributed by atoms with Gasteiger partial charge in [-0.3, -0.25) is 0 Å². The minimum absolute atomic E-state index is 0.425. The van der Waals surface area contributed by atoms with E-state index < -0.39 is 20.7 Å². The summed E-state index contributed by atoms with van der Waals surface area (Å²) in [6.45, 7) is 0. The zero-order chi connectivity index (χ0) is 12.8. The molecule has 0 aromatic heterocycles. The standard InChI is InChI=1S/C14H18O3S/c15-14(8-4-1-5-9-14)13-10-11-6-2-3-7-12(11)18(13,16)17/h2-3,6-7,13,15H,1,4-5,8-10H2. The van der Waals surface area contributed by atoms with Crippen molar-refractivity contribution in [3.8, 4) is 0 Å². The Hall–Kier alpha value is -0.870. The van der Waals surface area contributed by atoms with Gasteiger partial charge in [-0.05, 0) is 30.9 Å². The third-order valence-electron chi connectivity index (χ3n) is 4.38. The number of hydrogen-bond acceptors (Lipinski definition) is 3. The van der Waals surface area contributed by atoms with Crippen LogP contribution in [0.1, 0.15) is 37.7 Å². The Morgan fingerprint density at radius 3 is 2.44 bits per heavy atom. The number of sulfone groups is 1. The van der Waals surface area contributed by atoms with Gasteiger partial charge < -0.3 is 5.11 Å². The number of rotatable bonds is 1. The van der Waals surface area contributed by atoms with E-state index in [4.69, 9.17) is 0 Å². The highest BCUT2D eigenvalue weighted by Gasteiger charge is 2.49. The van der Waals surface area contributed by atoms with Crippen LogP contribution >= 0.6 is 0 Å². The molecular formula is C14H18O3S. The molecule has 1 aliphatic carbocycles. The fourth-order valence-corrected chi connectivity index (χ4v) is 5.68. The summed E-state index contributed by atoms with van der Waals surface area (Å²) in [5, 5.41) is 10.1.